The van der Waals surface area contributed by atoms with Crippen LogP contribution in [0.25, 0.3) is 10.9 Å². The average molecular weight is 258 g/mol. The molecule has 2 aromatic rings. The molecule has 0 fully saturated rings. The molecule has 1 aromatic carbocycles. The van der Waals surface area contributed by atoms with Gasteiger partial charge in [0, 0.05) is 35.5 Å². The maximum atomic E-state index is 11.5. The van der Waals surface area contributed by atoms with Crippen molar-refractivity contribution in [3.05, 3.63) is 29.5 Å². The maximum Gasteiger partial charge on any atom is 0.219 e. The first kappa shape index (κ1) is 12.1. The first-order valence-electron chi connectivity index (χ1n) is 6.68. The van der Waals surface area contributed by atoms with E-state index in [9.17, 15) is 4.79 Å². The number of aromatic nitrogens is 1. The Bertz CT molecular complexity index is 630. The Kier molecular flexibility index (Phi) is 2.93. The highest BCUT2D eigenvalue weighted by atomic mass is 16.5. The van der Waals surface area contributed by atoms with E-state index in [2.05, 4.69) is 16.4 Å². The molecule has 1 atom stereocenters. The molecule has 100 valence electrons. The van der Waals surface area contributed by atoms with E-state index in [-0.39, 0.29) is 11.9 Å². The molecule has 0 bridgehead atoms. The summed E-state index contributed by atoms with van der Waals surface area (Å²) in [5.41, 5.74) is 3.70. The topological polar surface area (TPSA) is 54.1 Å². The second-order valence-corrected chi connectivity index (χ2v) is 5.02. The van der Waals surface area contributed by atoms with Crippen LogP contribution < -0.4 is 10.1 Å². The molecule has 0 spiro atoms. The lowest BCUT2D eigenvalue weighted by Gasteiger charge is -2.11. The Balaban J connectivity index is 1.89. The Morgan fingerprint density at radius 3 is 3.05 bits per heavy atom. The summed E-state index contributed by atoms with van der Waals surface area (Å²) in [6.07, 6.45) is 2.32. The van der Waals surface area contributed by atoms with Crippen LogP contribution in [0.3, 0.4) is 0 Å². The summed E-state index contributed by atoms with van der Waals surface area (Å²) in [6.45, 7) is 1.88. The van der Waals surface area contributed by atoms with Gasteiger partial charge >= 0.3 is 0 Å². The number of benzene rings is 1. The number of aromatic amines is 1. The molecular weight excluding hydrogens is 240 g/mol. The molecule has 19 heavy (non-hydrogen) atoms. The molecule has 0 aliphatic heterocycles. The fraction of sp³-hybridized carbons (Fsp3) is 0.400. The Labute approximate surface area is 112 Å². The van der Waals surface area contributed by atoms with Crippen molar-refractivity contribution in [2.24, 2.45) is 0 Å². The van der Waals surface area contributed by atoms with Crippen LogP contribution in [-0.4, -0.2) is 24.0 Å². The largest absolute Gasteiger partial charge is 0.497 e. The Morgan fingerprint density at radius 2 is 2.32 bits per heavy atom. The van der Waals surface area contributed by atoms with Crippen molar-refractivity contribution in [3.63, 3.8) is 0 Å². The summed E-state index contributed by atoms with van der Waals surface area (Å²) in [6, 6.07) is 6.30. The summed E-state index contributed by atoms with van der Waals surface area (Å²) in [5.74, 6) is 0.993. The molecule has 0 radical (unpaired) electrons. The van der Waals surface area contributed by atoms with Crippen LogP contribution in [0.2, 0.25) is 0 Å². The first-order valence-corrected chi connectivity index (χ1v) is 6.68. The van der Waals surface area contributed by atoms with Crippen LogP contribution >= 0.6 is 0 Å². The highest BCUT2D eigenvalue weighted by Crippen LogP contribution is 2.32. The smallest absolute Gasteiger partial charge is 0.219 e. The van der Waals surface area contributed by atoms with Crippen molar-refractivity contribution in [3.8, 4) is 5.75 Å². The SMILES string of the molecule is CCC(=O)NC1Cc2[nH]c3ccc(OC)cc3c2C1. The normalized spacial score (nSPS) is 17.5. The monoisotopic (exact) mass is 258 g/mol. The first-order chi connectivity index (χ1) is 9.21. The zero-order valence-corrected chi connectivity index (χ0v) is 11.2. The third-order valence-corrected chi connectivity index (χ3v) is 3.79. The molecule has 0 saturated heterocycles. The third kappa shape index (κ3) is 2.07. The number of amides is 1. The van der Waals surface area contributed by atoms with E-state index < -0.39 is 0 Å². The van der Waals surface area contributed by atoms with Crippen molar-refractivity contribution in [1.82, 2.24) is 10.3 Å². The summed E-state index contributed by atoms with van der Waals surface area (Å²) >= 11 is 0. The third-order valence-electron chi connectivity index (χ3n) is 3.79. The number of rotatable bonds is 3. The molecule has 3 rings (SSSR count). The van der Waals surface area contributed by atoms with E-state index in [4.69, 9.17) is 4.74 Å². The number of hydrogen-bond acceptors (Lipinski definition) is 2. The van der Waals surface area contributed by atoms with Gasteiger partial charge in [0.15, 0.2) is 0 Å². The van der Waals surface area contributed by atoms with Crippen LogP contribution in [0.1, 0.15) is 24.6 Å². The van der Waals surface area contributed by atoms with Gasteiger partial charge < -0.3 is 15.0 Å². The van der Waals surface area contributed by atoms with Gasteiger partial charge in [-0.15, -0.1) is 0 Å². The van der Waals surface area contributed by atoms with Crippen LogP contribution in [-0.2, 0) is 17.6 Å². The summed E-state index contributed by atoms with van der Waals surface area (Å²) in [5, 5.41) is 4.28. The lowest BCUT2D eigenvalue weighted by Crippen LogP contribution is -2.34. The minimum absolute atomic E-state index is 0.122. The van der Waals surface area contributed by atoms with Crippen molar-refractivity contribution < 1.29 is 9.53 Å². The second-order valence-electron chi connectivity index (χ2n) is 5.02. The van der Waals surface area contributed by atoms with Gasteiger partial charge in [-0.05, 0) is 30.2 Å². The molecule has 1 amide bonds. The molecule has 2 N–H and O–H groups in total. The predicted octanol–water partition coefficient (Wildman–Crippen LogP) is 2.17. The average Bonchev–Trinajstić information content (AvgIpc) is 2.95. The van der Waals surface area contributed by atoms with Crippen LogP contribution in [0.15, 0.2) is 18.2 Å². The Hall–Kier alpha value is -1.97. The lowest BCUT2D eigenvalue weighted by molar-refractivity contribution is -0.121. The molecule has 1 aliphatic carbocycles. The number of H-pyrrole nitrogens is 1. The zero-order valence-electron chi connectivity index (χ0n) is 11.2. The minimum Gasteiger partial charge on any atom is -0.497 e. The van der Waals surface area contributed by atoms with Crippen LogP contribution in [0, 0.1) is 0 Å². The molecule has 4 nitrogen and oxygen atoms in total. The van der Waals surface area contributed by atoms with Crippen molar-refractivity contribution in [2.45, 2.75) is 32.2 Å². The molecule has 1 unspecified atom stereocenters. The minimum atomic E-state index is 0.122. The Morgan fingerprint density at radius 1 is 1.47 bits per heavy atom. The van der Waals surface area contributed by atoms with E-state index in [1.165, 1.54) is 16.6 Å². The number of methoxy groups -OCH3 is 1. The van der Waals surface area contributed by atoms with Gasteiger partial charge in [0.1, 0.15) is 5.75 Å². The highest BCUT2D eigenvalue weighted by molar-refractivity contribution is 5.87. The standard InChI is InChI=1S/C15H18N2O2/c1-3-15(18)16-9-6-11-12-8-10(19-2)4-5-13(12)17-14(11)7-9/h4-5,8-9,17H,3,6-7H2,1-2H3,(H,16,18). The van der Waals surface area contributed by atoms with Crippen molar-refractivity contribution in [1.29, 1.82) is 0 Å². The molecule has 1 heterocycles. The second kappa shape index (κ2) is 4.61. The fourth-order valence-electron chi connectivity index (χ4n) is 2.81. The molecule has 1 aliphatic rings. The summed E-state index contributed by atoms with van der Waals surface area (Å²) in [4.78, 5) is 14.9. The number of fused-ring (bicyclic) bond motifs is 3. The number of nitrogens with one attached hydrogen (secondary N) is 2. The highest BCUT2D eigenvalue weighted by Gasteiger charge is 2.26. The van der Waals surface area contributed by atoms with Crippen LogP contribution in [0.4, 0.5) is 0 Å². The van der Waals surface area contributed by atoms with E-state index >= 15 is 0 Å². The number of hydrogen-bond donors (Lipinski definition) is 2. The fourth-order valence-corrected chi connectivity index (χ4v) is 2.81. The van der Waals surface area contributed by atoms with Gasteiger partial charge in [-0.1, -0.05) is 6.92 Å². The molecule has 4 heteroatoms. The molecular formula is C15H18N2O2. The van der Waals surface area contributed by atoms with Gasteiger partial charge in [0.05, 0.1) is 7.11 Å². The van der Waals surface area contributed by atoms with Gasteiger partial charge in [-0.25, -0.2) is 0 Å². The zero-order chi connectivity index (χ0) is 13.4. The predicted molar refractivity (Wildman–Crippen MR) is 74.5 cm³/mol. The summed E-state index contributed by atoms with van der Waals surface area (Å²) < 4.78 is 5.28. The van der Waals surface area contributed by atoms with E-state index in [1.54, 1.807) is 7.11 Å². The van der Waals surface area contributed by atoms with Crippen LogP contribution in [0.5, 0.6) is 5.75 Å². The summed E-state index contributed by atoms with van der Waals surface area (Å²) in [7, 11) is 1.68. The van der Waals surface area contributed by atoms with E-state index in [1.807, 2.05) is 19.1 Å². The van der Waals surface area contributed by atoms with E-state index in [0.717, 1.165) is 24.1 Å². The number of ether oxygens (including phenoxy) is 1. The van der Waals surface area contributed by atoms with Crippen molar-refractivity contribution >= 4 is 16.8 Å². The molecule has 0 saturated carbocycles. The lowest BCUT2D eigenvalue weighted by atomic mass is 10.1. The maximum absolute atomic E-state index is 11.5. The molecule has 1 aromatic heterocycles. The van der Waals surface area contributed by atoms with Gasteiger partial charge in [0.25, 0.3) is 0 Å². The van der Waals surface area contributed by atoms with Gasteiger partial charge in [-0.3, -0.25) is 4.79 Å². The number of carbonyl (C=O) groups excluding carboxylic acids is 1. The van der Waals surface area contributed by atoms with Gasteiger partial charge in [0.2, 0.25) is 5.91 Å². The van der Waals surface area contributed by atoms with E-state index in [0.29, 0.717) is 6.42 Å². The quantitative estimate of drug-likeness (QED) is 0.886. The van der Waals surface area contributed by atoms with Gasteiger partial charge in [-0.2, -0.15) is 0 Å². The number of carbonyl (C=O) groups is 1. The van der Waals surface area contributed by atoms with Crippen molar-refractivity contribution in [2.75, 3.05) is 7.11 Å².